The summed E-state index contributed by atoms with van der Waals surface area (Å²) < 4.78 is 10.7. The van der Waals surface area contributed by atoms with Gasteiger partial charge in [-0.05, 0) is 24.3 Å². The van der Waals surface area contributed by atoms with Crippen molar-refractivity contribution < 1.29 is 19.4 Å². The van der Waals surface area contributed by atoms with Gasteiger partial charge in [-0.2, -0.15) is 5.26 Å². The topological polar surface area (TPSA) is 82.8 Å². The number of carbonyl (C=O) groups is 1. The summed E-state index contributed by atoms with van der Waals surface area (Å²) in [6, 6.07) is 8.94. The minimum atomic E-state index is -0.928. The van der Waals surface area contributed by atoms with Crippen LogP contribution in [0.25, 0.3) is 0 Å². The number of ether oxygens (including phenoxy) is 2. The van der Waals surface area contributed by atoms with Crippen molar-refractivity contribution in [2.24, 2.45) is 0 Å². The molecule has 6 nitrogen and oxygen atoms in total. The van der Waals surface area contributed by atoms with Crippen LogP contribution >= 0.6 is 0 Å². The van der Waals surface area contributed by atoms with Crippen molar-refractivity contribution in [3.63, 3.8) is 0 Å². The second-order valence-electron chi connectivity index (χ2n) is 4.48. The highest BCUT2D eigenvalue weighted by atomic mass is 16.5. The molecule has 1 aliphatic rings. The molecule has 1 heterocycles. The first-order valence-electron chi connectivity index (χ1n) is 6.39. The monoisotopic (exact) mass is 276 g/mol. The summed E-state index contributed by atoms with van der Waals surface area (Å²) in [5, 5.41) is 17.6. The zero-order valence-electron chi connectivity index (χ0n) is 11.0. The highest BCUT2D eigenvalue weighted by Crippen LogP contribution is 2.12. The van der Waals surface area contributed by atoms with Crippen LogP contribution in [0, 0.1) is 11.3 Å². The number of rotatable bonds is 5. The third kappa shape index (κ3) is 3.95. The Balaban J connectivity index is 1.75. The first-order chi connectivity index (χ1) is 9.69. The van der Waals surface area contributed by atoms with Crippen molar-refractivity contribution in [1.29, 1.82) is 5.26 Å². The molecule has 0 spiro atoms. The highest BCUT2D eigenvalue weighted by molar-refractivity contribution is 5.72. The van der Waals surface area contributed by atoms with E-state index in [1.807, 2.05) is 11.0 Å². The summed E-state index contributed by atoms with van der Waals surface area (Å²) in [5.74, 6) is -0.227. The second-order valence-corrected chi connectivity index (χ2v) is 4.48. The van der Waals surface area contributed by atoms with Crippen LogP contribution in [0.5, 0.6) is 5.75 Å². The van der Waals surface area contributed by atoms with Gasteiger partial charge in [0.1, 0.15) is 12.4 Å². The lowest BCUT2D eigenvalue weighted by molar-refractivity contribution is -0.156. The minimum Gasteiger partial charge on any atom is -0.492 e. The van der Waals surface area contributed by atoms with Gasteiger partial charge in [-0.3, -0.25) is 4.90 Å². The largest absolute Gasteiger partial charge is 0.492 e. The number of nitriles is 1. The number of benzene rings is 1. The Labute approximate surface area is 117 Å². The fourth-order valence-corrected chi connectivity index (χ4v) is 1.97. The molecule has 0 aliphatic carbocycles. The van der Waals surface area contributed by atoms with E-state index in [1.54, 1.807) is 24.3 Å². The first kappa shape index (κ1) is 14.3. The van der Waals surface area contributed by atoms with Gasteiger partial charge >= 0.3 is 5.97 Å². The first-order valence-corrected chi connectivity index (χ1v) is 6.39. The second kappa shape index (κ2) is 6.89. The molecule has 0 saturated carbocycles. The summed E-state index contributed by atoms with van der Waals surface area (Å²) in [4.78, 5) is 12.9. The molecule has 106 valence electrons. The maximum absolute atomic E-state index is 10.8. The lowest BCUT2D eigenvalue weighted by Crippen LogP contribution is -2.47. The molecule has 1 saturated heterocycles. The molecule has 6 heteroatoms. The minimum absolute atomic E-state index is 0.381. The van der Waals surface area contributed by atoms with Gasteiger partial charge < -0.3 is 14.6 Å². The van der Waals surface area contributed by atoms with E-state index in [2.05, 4.69) is 0 Å². The van der Waals surface area contributed by atoms with Crippen LogP contribution in [-0.4, -0.2) is 54.9 Å². The normalized spacial score (nSPS) is 19.2. The van der Waals surface area contributed by atoms with Crippen LogP contribution < -0.4 is 4.74 Å². The number of nitrogens with zero attached hydrogens (tertiary/aromatic N) is 2. The summed E-state index contributed by atoms with van der Waals surface area (Å²) in [7, 11) is 0. The zero-order valence-corrected chi connectivity index (χ0v) is 11.0. The van der Waals surface area contributed by atoms with E-state index in [-0.39, 0.29) is 0 Å². The van der Waals surface area contributed by atoms with Crippen LogP contribution in [-0.2, 0) is 9.53 Å². The summed E-state index contributed by atoms with van der Waals surface area (Å²) in [6.45, 7) is 2.63. The van der Waals surface area contributed by atoms with Gasteiger partial charge in [0.15, 0.2) is 6.10 Å². The van der Waals surface area contributed by atoms with Crippen LogP contribution in [0.15, 0.2) is 24.3 Å². The molecule has 1 atom stereocenters. The van der Waals surface area contributed by atoms with Gasteiger partial charge in [-0.15, -0.1) is 0 Å². The van der Waals surface area contributed by atoms with Crippen molar-refractivity contribution >= 4 is 5.97 Å². The van der Waals surface area contributed by atoms with Crippen molar-refractivity contribution in [1.82, 2.24) is 4.90 Å². The van der Waals surface area contributed by atoms with E-state index in [0.717, 1.165) is 0 Å². The van der Waals surface area contributed by atoms with E-state index in [9.17, 15) is 4.79 Å². The number of carboxylic acids is 1. The molecule has 2 rings (SSSR count). The Kier molecular flexibility index (Phi) is 4.93. The van der Waals surface area contributed by atoms with Gasteiger partial charge in [0, 0.05) is 19.6 Å². The molecule has 1 aliphatic heterocycles. The highest BCUT2D eigenvalue weighted by Gasteiger charge is 2.25. The van der Waals surface area contributed by atoms with Crippen molar-refractivity contribution in [3.05, 3.63) is 29.8 Å². The average molecular weight is 276 g/mol. The van der Waals surface area contributed by atoms with Gasteiger partial charge in [0.05, 0.1) is 18.2 Å². The zero-order chi connectivity index (χ0) is 14.4. The van der Waals surface area contributed by atoms with E-state index < -0.39 is 12.1 Å². The molecular formula is C14H16N2O4. The standard InChI is InChI=1S/C14H16N2O4/c15-9-11-1-3-12(4-2-11)19-7-5-16-6-8-20-13(10-16)14(17)18/h1-4,13H,5-8,10H2,(H,17,18). The van der Waals surface area contributed by atoms with E-state index in [1.165, 1.54) is 0 Å². The molecule has 1 N–H and O–H groups in total. The third-order valence-electron chi connectivity index (χ3n) is 3.09. The maximum atomic E-state index is 10.8. The molecular weight excluding hydrogens is 260 g/mol. The average Bonchev–Trinajstić information content (AvgIpc) is 2.48. The predicted octanol–water partition coefficient (Wildman–Crippen LogP) is 0.722. The lowest BCUT2D eigenvalue weighted by Gasteiger charge is -2.30. The Morgan fingerprint density at radius 3 is 2.90 bits per heavy atom. The van der Waals surface area contributed by atoms with E-state index >= 15 is 0 Å². The third-order valence-corrected chi connectivity index (χ3v) is 3.09. The Morgan fingerprint density at radius 2 is 2.25 bits per heavy atom. The molecule has 20 heavy (non-hydrogen) atoms. The number of hydrogen-bond donors (Lipinski definition) is 1. The fraction of sp³-hybridized carbons (Fsp3) is 0.429. The van der Waals surface area contributed by atoms with Gasteiger partial charge in [-0.25, -0.2) is 4.79 Å². The Bertz CT molecular complexity index is 495. The molecule has 1 aromatic carbocycles. The van der Waals surface area contributed by atoms with Crippen molar-refractivity contribution in [3.8, 4) is 11.8 Å². The number of morpholine rings is 1. The quantitative estimate of drug-likeness (QED) is 0.853. The molecule has 1 unspecified atom stereocenters. The summed E-state index contributed by atoms with van der Waals surface area (Å²) in [5.41, 5.74) is 0.592. The van der Waals surface area contributed by atoms with Crippen LogP contribution in [0.4, 0.5) is 0 Å². The number of carboxylic acid groups (broad SMARTS) is 1. The maximum Gasteiger partial charge on any atom is 0.334 e. The number of hydrogen-bond acceptors (Lipinski definition) is 5. The van der Waals surface area contributed by atoms with Gasteiger partial charge in [-0.1, -0.05) is 0 Å². The molecule has 0 radical (unpaired) electrons. The van der Waals surface area contributed by atoms with Gasteiger partial charge in [0.2, 0.25) is 0 Å². The molecule has 1 fully saturated rings. The van der Waals surface area contributed by atoms with Crippen molar-refractivity contribution in [2.45, 2.75) is 6.10 Å². The molecule has 0 bridgehead atoms. The summed E-state index contributed by atoms with van der Waals surface area (Å²) in [6.07, 6.45) is -0.751. The Hall–Kier alpha value is -2.10. The van der Waals surface area contributed by atoms with E-state index in [0.29, 0.717) is 44.2 Å². The predicted molar refractivity (Wildman–Crippen MR) is 70.5 cm³/mol. The van der Waals surface area contributed by atoms with Crippen molar-refractivity contribution in [2.75, 3.05) is 32.8 Å². The fourth-order valence-electron chi connectivity index (χ4n) is 1.97. The van der Waals surface area contributed by atoms with Crippen LogP contribution in [0.3, 0.4) is 0 Å². The lowest BCUT2D eigenvalue weighted by atomic mass is 10.2. The molecule has 0 amide bonds. The smallest absolute Gasteiger partial charge is 0.334 e. The molecule has 1 aromatic rings. The SMILES string of the molecule is N#Cc1ccc(OCCN2CCOC(C(=O)O)C2)cc1. The van der Waals surface area contributed by atoms with Crippen LogP contribution in [0.2, 0.25) is 0 Å². The van der Waals surface area contributed by atoms with E-state index in [4.69, 9.17) is 19.8 Å². The summed E-state index contributed by atoms with van der Waals surface area (Å²) >= 11 is 0. The number of aliphatic carboxylic acids is 1. The van der Waals surface area contributed by atoms with Gasteiger partial charge in [0.25, 0.3) is 0 Å². The molecule has 0 aromatic heterocycles. The Morgan fingerprint density at radius 1 is 1.50 bits per heavy atom. The van der Waals surface area contributed by atoms with Crippen LogP contribution in [0.1, 0.15) is 5.56 Å².